The van der Waals surface area contributed by atoms with Gasteiger partial charge >= 0.3 is 0 Å². The molecular formula is C14H21N3O. The smallest absolute Gasteiger partial charge is 0.147 e. The number of benzene rings is 1. The first kappa shape index (κ1) is 12.9. The predicted molar refractivity (Wildman–Crippen MR) is 72.8 cm³/mol. The van der Waals surface area contributed by atoms with Crippen molar-refractivity contribution in [1.82, 2.24) is 5.32 Å². The Morgan fingerprint density at radius 2 is 2.11 bits per heavy atom. The van der Waals surface area contributed by atoms with E-state index in [4.69, 9.17) is 10.9 Å². The molecule has 0 saturated heterocycles. The van der Waals surface area contributed by atoms with Gasteiger partial charge in [-0.1, -0.05) is 42.4 Å². The van der Waals surface area contributed by atoms with Crippen LogP contribution in [0.1, 0.15) is 31.2 Å². The van der Waals surface area contributed by atoms with Crippen LogP contribution in [-0.4, -0.2) is 24.1 Å². The lowest BCUT2D eigenvalue weighted by Crippen LogP contribution is -2.34. The van der Waals surface area contributed by atoms with Crippen molar-refractivity contribution in [3.05, 3.63) is 35.9 Å². The second kappa shape index (κ2) is 5.40. The molecule has 0 spiro atoms. The van der Waals surface area contributed by atoms with Crippen molar-refractivity contribution in [2.24, 2.45) is 16.3 Å². The van der Waals surface area contributed by atoms with Crippen molar-refractivity contribution in [2.45, 2.75) is 25.7 Å². The third-order valence-electron chi connectivity index (χ3n) is 3.68. The fourth-order valence-electron chi connectivity index (χ4n) is 2.06. The molecule has 18 heavy (non-hydrogen) atoms. The summed E-state index contributed by atoms with van der Waals surface area (Å²) in [6, 6.07) is 9.91. The van der Waals surface area contributed by atoms with Gasteiger partial charge < -0.3 is 16.3 Å². The molecule has 98 valence electrons. The molecule has 0 bridgehead atoms. The second-order valence-corrected chi connectivity index (χ2v) is 5.43. The van der Waals surface area contributed by atoms with Crippen LogP contribution in [0, 0.1) is 5.41 Å². The first-order valence-corrected chi connectivity index (χ1v) is 6.38. The molecule has 4 heteroatoms. The van der Waals surface area contributed by atoms with Crippen LogP contribution in [0.5, 0.6) is 0 Å². The number of hydrogen-bond acceptors (Lipinski definition) is 3. The van der Waals surface area contributed by atoms with Gasteiger partial charge in [0.2, 0.25) is 0 Å². The maximum absolute atomic E-state index is 8.87. The van der Waals surface area contributed by atoms with E-state index >= 15 is 0 Å². The average Bonchev–Trinajstić information content (AvgIpc) is 3.13. The summed E-state index contributed by atoms with van der Waals surface area (Å²) in [7, 11) is 0. The van der Waals surface area contributed by atoms with Crippen LogP contribution in [0.4, 0.5) is 0 Å². The highest BCUT2D eigenvalue weighted by atomic mass is 16.4. The van der Waals surface area contributed by atoms with Crippen molar-refractivity contribution < 1.29 is 5.21 Å². The van der Waals surface area contributed by atoms with Crippen molar-refractivity contribution in [3.63, 3.8) is 0 Å². The van der Waals surface area contributed by atoms with Crippen molar-refractivity contribution in [2.75, 3.05) is 13.1 Å². The molecule has 1 saturated carbocycles. The molecular weight excluding hydrogens is 226 g/mol. The molecule has 1 aromatic rings. The van der Waals surface area contributed by atoms with Crippen LogP contribution in [0.15, 0.2) is 35.5 Å². The van der Waals surface area contributed by atoms with Crippen LogP contribution in [0.2, 0.25) is 0 Å². The van der Waals surface area contributed by atoms with Gasteiger partial charge in [0.1, 0.15) is 5.84 Å². The van der Waals surface area contributed by atoms with Gasteiger partial charge in [0.15, 0.2) is 0 Å². The van der Waals surface area contributed by atoms with Crippen LogP contribution in [0.25, 0.3) is 0 Å². The van der Waals surface area contributed by atoms with Crippen molar-refractivity contribution in [3.8, 4) is 0 Å². The van der Waals surface area contributed by atoms with Gasteiger partial charge in [0.25, 0.3) is 0 Å². The lowest BCUT2D eigenvalue weighted by molar-refractivity contribution is 0.315. The quantitative estimate of drug-likeness (QED) is 0.311. The van der Waals surface area contributed by atoms with Gasteiger partial charge in [-0.2, -0.15) is 0 Å². The minimum Gasteiger partial charge on any atom is -0.409 e. The van der Waals surface area contributed by atoms with E-state index in [9.17, 15) is 0 Å². The van der Waals surface area contributed by atoms with Crippen LogP contribution in [0.3, 0.4) is 0 Å². The molecule has 4 N–H and O–H groups in total. The molecule has 1 fully saturated rings. The molecule has 0 aromatic heterocycles. The number of nitrogens with one attached hydrogen (secondary N) is 1. The zero-order chi connectivity index (χ0) is 13.0. The Labute approximate surface area is 108 Å². The van der Waals surface area contributed by atoms with Crippen molar-refractivity contribution >= 4 is 5.84 Å². The fraction of sp³-hybridized carbons (Fsp3) is 0.500. The number of nitrogens with zero attached hydrogens (tertiary/aromatic N) is 1. The molecule has 1 aliphatic rings. The molecule has 1 unspecified atom stereocenters. The Hall–Kier alpha value is -1.55. The van der Waals surface area contributed by atoms with E-state index in [-0.39, 0.29) is 11.8 Å². The van der Waals surface area contributed by atoms with Gasteiger partial charge in [0, 0.05) is 13.1 Å². The SMILES string of the molecule is CC1(CNCC(/C(N)=N/O)c2ccccc2)CC1. The number of amidine groups is 1. The maximum Gasteiger partial charge on any atom is 0.147 e. The summed E-state index contributed by atoms with van der Waals surface area (Å²) in [5, 5.41) is 15.5. The number of oxime groups is 1. The first-order chi connectivity index (χ1) is 8.64. The summed E-state index contributed by atoms with van der Waals surface area (Å²) < 4.78 is 0. The van der Waals surface area contributed by atoms with E-state index in [0.29, 0.717) is 12.0 Å². The number of rotatable bonds is 6. The zero-order valence-electron chi connectivity index (χ0n) is 10.8. The molecule has 0 radical (unpaired) electrons. The van der Waals surface area contributed by atoms with E-state index in [1.807, 2.05) is 30.3 Å². The third-order valence-corrected chi connectivity index (χ3v) is 3.68. The van der Waals surface area contributed by atoms with E-state index < -0.39 is 0 Å². The van der Waals surface area contributed by atoms with Crippen LogP contribution in [-0.2, 0) is 0 Å². The average molecular weight is 247 g/mol. The number of hydrogen-bond donors (Lipinski definition) is 3. The topological polar surface area (TPSA) is 70.6 Å². The lowest BCUT2D eigenvalue weighted by atomic mass is 9.97. The van der Waals surface area contributed by atoms with E-state index in [1.165, 1.54) is 12.8 Å². The van der Waals surface area contributed by atoms with Crippen LogP contribution >= 0.6 is 0 Å². The summed E-state index contributed by atoms with van der Waals surface area (Å²) in [6.07, 6.45) is 2.58. The highest BCUT2D eigenvalue weighted by Crippen LogP contribution is 2.44. The van der Waals surface area contributed by atoms with Crippen LogP contribution < -0.4 is 11.1 Å². The van der Waals surface area contributed by atoms with E-state index in [2.05, 4.69) is 17.4 Å². The number of nitrogens with two attached hydrogens (primary N) is 1. The molecule has 4 nitrogen and oxygen atoms in total. The highest BCUT2D eigenvalue weighted by Gasteiger charge is 2.36. The largest absolute Gasteiger partial charge is 0.409 e. The molecule has 1 aliphatic carbocycles. The minimum absolute atomic E-state index is 0.0708. The van der Waals surface area contributed by atoms with E-state index in [1.54, 1.807) is 0 Å². The Balaban J connectivity index is 1.97. The van der Waals surface area contributed by atoms with Gasteiger partial charge in [-0.05, 0) is 23.8 Å². The molecule has 0 heterocycles. The van der Waals surface area contributed by atoms with Gasteiger partial charge in [-0.25, -0.2) is 0 Å². The first-order valence-electron chi connectivity index (χ1n) is 6.38. The summed E-state index contributed by atoms with van der Waals surface area (Å²) in [6.45, 7) is 3.98. The van der Waals surface area contributed by atoms with Gasteiger partial charge in [0.05, 0.1) is 5.92 Å². The Bertz CT molecular complexity index is 412. The monoisotopic (exact) mass is 247 g/mol. The lowest BCUT2D eigenvalue weighted by Gasteiger charge is -2.18. The minimum atomic E-state index is -0.0708. The molecule has 1 atom stereocenters. The second-order valence-electron chi connectivity index (χ2n) is 5.43. The molecule has 0 aliphatic heterocycles. The molecule has 0 amide bonds. The highest BCUT2D eigenvalue weighted by molar-refractivity contribution is 5.87. The standard InChI is InChI=1S/C14H21N3O/c1-14(7-8-14)10-16-9-12(13(15)17-18)11-5-3-2-4-6-11/h2-6,12,16,18H,7-10H2,1H3,(H2,15,17). The predicted octanol–water partition coefficient (Wildman–Crippen LogP) is 1.91. The Kier molecular flexibility index (Phi) is 3.87. The van der Waals surface area contributed by atoms with Gasteiger partial charge in [-0.3, -0.25) is 0 Å². The normalized spacial score (nSPS) is 19.5. The molecule has 2 rings (SSSR count). The summed E-state index contributed by atoms with van der Waals surface area (Å²) >= 11 is 0. The van der Waals surface area contributed by atoms with Gasteiger partial charge in [-0.15, -0.1) is 0 Å². The zero-order valence-corrected chi connectivity index (χ0v) is 10.8. The Morgan fingerprint density at radius 3 is 2.67 bits per heavy atom. The third kappa shape index (κ3) is 3.23. The van der Waals surface area contributed by atoms with Crippen molar-refractivity contribution in [1.29, 1.82) is 0 Å². The maximum atomic E-state index is 8.87. The Morgan fingerprint density at radius 1 is 1.44 bits per heavy atom. The fourth-order valence-corrected chi connectivity index (χ4v) is 2.06. The summed E-state index contributed by atoms with van der Waals surface area (Å²) in [5.41, 5.74) is 7.31. The summed E-state index contributed by atoms with van der Waals surface area (Å²) in [5.74, 6) is 0.188. The summed E-state index contributed by atoms with van der Waals surface area (Å²) in [4.78, 5) is 0. The molecule has 1 aromatic carbocycles. The van der Waals surface area contributed by atoms with E-state index in [0.717, 1.165) is 12.1 Å².